The molecule has 0 bridgehead atoms. The molecule has 20 heavy (non-hydrogen) atoms. The molecule has 1 aromatic heterocycles. The molecule has 0 aliphatic carbocycles. The first-order valence-electron chi connectivity index (χ1n) is 7.69. The monoisotopic (exact) mass is 276 g/mol. The number of nitrogens with two attached hydrogens (primary N) is 1. The van der Waals surface area contributed by atoms with E-state index in [0.717, 1.165) is 31.1 Å². The maximum absolute atomic E-state index is 6.10. The summed E-state index contributed by atoms with van der Waals surface area (Å²) < 4.78 is 0. The highest BCUT2D eigenvalue weighted by Crippen LogP contribution is 2.22. The van der Waals surface area contributed by atoms with Gasteiger partial charge in [0.2, 0.25) is 0 Å². The largest absolute Gasteiger partial charge is 0.359 e. The molecular formula is C16H28N4. The average Bonchev–Trinajstić information content (AvgIpc) is 2.84. The van der Waals surface area contributed by atoms with Crippen LogP contribution in [0.5, 0.6) is 0 Å². The topological polar surface area (TPSA) is 45.4 Å². The molecule has 4 nitrogen and oxygen atoms in total. The summed E-state index contributed by atoms with van der Waals surface area (Å²) in [6.45, 7) is 5.63. The average molecular weight is 276 g/mol. The Kier molecular flexibility index (Phi) is 5.38. The number of rotatable bonds is 6. The van der Waals surface area contributed by atoms with E-state index >= 15 is 0 Å². The van der Waals surface area contributed by atoms with E-state index in [9.17, 15) is 0 Å². The molecule has 0 spiro atoms. The standard InChI is InChI=1S/C16H28N4/c1-4-15(17)10-14-6-5-8-18-16(14)20(3)12-13-7-9-19(2)11-13/h5-6,8,13,15H,4,7,9-12,17H2,1-3H3. The summed E-state index contributed by atoms with van der Waals surface area (Å²) in [5.74, 6) is 1.85. The second-order valence-electron chi connectivity index (χ2n) is 6.16. The van der Waals surface area contributed by atoms with Crippen LogP contribution in [0.15, 0.2) is 18.3 Å². The third-order valence-corrected chi connectivity index (χ3v) is 4.26. The van der Waals surface area contributed by atoms with Crippen molar-refractivity contribution in [3.8, 4) is 0 Å². The molecule has 1 aliphatic rings. The van der Waals surface area contributed by atoms with Crippen LogP contribution >= 0.6 is 0 Å². The van der Waals surface area contributed by atoms with Gasteiger partial charge in [0.15, 0.2) is 0 Å². The Balaban J connectivity index is 2.03. The van der Waals surface area contributed by atoms with Crippen molar-refractivity contribution in [1.82, 2.24) is 9.88 Å². The van der Waals surface area contributed by atoms with Gasteiger partial charge in [0.1, 0.15) is 5.82 Å². The SMILES string of the molecule is CCC(N)Cc1cccnc1N(C)CC1CCN(C)C1. The van der Waals surface area contributed by atoms with E-state index in [1.165, 1.54) is 25.1 Å². The van der Waals surface area contributed by atoms with Crippen LogP contribution in [-0.2, 0) is 6.42 Å². The van der Waals surface area contributed by atoms with Crippen molar-refractivity contribution in [3.05, 3.63) is 23.9 Å². The fourth-order valence-corrected chi connectivity index (χ4v) is 3.01. The third kappa shape index (κ3) is 3.93. The Labute approximate surface area is 123 Å². The third-order valence-electron chi connectivity index (χ3n) is 4.26. The van der Waals surface area contributed by atoms with Gasteiger partial charge in [-0.2, -0.15) is 0 Å². The molecule has 2 N–H and O–H groups in total. The Hall–Kier alpha value is -1.13. The number of hydrogen-bond donors (Lipinski definition) is 1. The lowest BCUT2D eigenvalue weighted by atomic mass is 10.0. The smallest absolute Gasteiger partial charge is 0.131 e. The predicted octanol–water partition coefficient (Wildman–Crippen LogP) is 1.75. The number of nitrogens with zero attached hydrogens (tertiary/aromatic N) is 3. The van der Waals surface area contributed by atoms with Crippen molar-refractivity contribution in [3.63, 3.8) is 0 Å². The van der Waals surface area contributed by atoms with E-state index in [1.54, 1.807) is 0 Å². The van der Waals surface area contributed by atoms with Gasteiger partial charge in [-0.15, -0.1) is 0 Å². The van der Waals surface area contributed by atoms with Crippen LogP contribution in [0.1, 0.15) is 25.3 Å². The minimum absolute atomic E-state index is 0.226. The van der Waals surface area contributed by atoms with E-state index in [2.05, 4.69) is 41.9 Å². The Morgan fingerprint density at radius 2 is 2.35 bits per heavy atom. The maximum atomic E-state index is 6.10. The lowest BCUT2D eigenvalue weighted by Gasteiger charge is -2.25. The predicted molar refractivity (Wildman–Crippen MR) is 85.1 cm³/mol. The zero-order valence-corrected chi connectivity index (χ0v) is 13.0. The zero-order chi connectivity index (χ0) is 14.5. The summed E-state index contributed by atoms with van der Waals surface area (Å²) in [5.41, 5.74) is 7.38. The number of likely N-dealkylation sites (tertiary alicyclic amines) is 1. The van der Waals surface area contributed by atoms with Gasteiger partial charge in [-0.05, 0) is 50.4 Å². The molecule has 2 unspecified atom stereocenters. The molecule has 0 amide bonds. The van der Waals surface area contributed by atoms with Crippen LogP contribution in [0.3, 0.4) is 0 Å². The highest BCUT2D eigenvalue weighted by Gasteiger charge is 2.22. The van der Waals surface area contributed by atoms with Crippen molar-refractivity contribution < 1.29 is 0 Å². The summed E-state index contributed by atoms with van der Waals surface area (Å²) >= 11 is 0. The van der Waals surface area contributed by atoms with E-state index in [-0.39, 0.29) is 6.04 Å². The number of pyridine rings is 1. The van der Waals surface area contributed by atoms with Gasteiger partial charge < -0.3 is 15.5 Å². The van der Waals surface area contributed by atoms with Gasteiger partial charge in [-0.25, -0.2) is 4.98 Å². The first kappa shape index (κ1) is 15.3. The Morgan fingerprint density at radius 1 is 1.55 bits per heavy atom. The van der Waals surface area contributed by atoms with E-state index in [1.807, 2.05) is 12.3 Å². The van der Waals surface area contributed by atoms with Crippen molar-refractivity contribution in [2.75, 3.05) is 38.6 Å². The molecule has 4 heteroatoms. The molecule has 2 atom stereocenters. The fraction of sp³-hybridized carbons (Fsp3) is 0.688. The van der Waals surface area contributed by atoms with Gasteiger partial charge in [-0.3, -0.25) is 0 Å². The number of hydrogen-bond acceptors (Lipinski definition) is 4. The molecule has 1 saturated heterocycles. The van der Waals surface area contributed by atoms with E-state index in [0.29, 0.717) is 0 Å². The second-order valence-corrected chi connectivity index (χ2v) is 6.16. The van der Waals surface area contributed by atoms with Gasteiger partial charge >= 0.3 is 0 Å². The van der Waals surface area contributed by atoms with E-state index < -0.39 is 0 Å². The lowest BCUT2D eigenvalue weighted by Crippen LogP contribution is -2.30. The molecule has 2 rings (SSSR count). The summed E-state index contributed by atoms with van der Waals surface area (Å²) in [4.78, 5) is 9.30. The Bertz CT molecular complexity index is 421. The lowest BCUT2D eigenvalue weighted by molar-refractivity contribution is 0.395. The van der Waals surface area contributed by atoms with Crippen LogP contribution in [0.2, 0.25) is 0 Å². The first-order valence-corrected chi connectivity index (χ1v) is 7.69. The molecular weight excluding hydrogens is 248 g/mol. The quantitative estimate of drug-likeness (QED) is 0.860. The van der Waals surface area contributed by atoms with Crippen molar-refractivity contribution in [2.24, 2.45) is 11.7 Å². The second kappa shape index (κ2) is 7.04. The number of aromatic nitrogens is 1. The van der Waals surface area contributed by atoms with Crippen LogP contribution in [0.4, 0.5) is 5.82 Å². The highest BCUT2D eigenvalue weighted by atomic mass is 15.2. The normalized spacial score (nSPS) is 21.1. The molecule has 112 valence electrons. The van der Waals surface area contributed by atoms with Crippen LogP contribution in [-0.4, -0.2) is 49.7 Å². The van der Waals surface area contributed by atoms with Crippen LogP contribution in [0.25, 0.3) is 0 Å². The summed E-state index contributed by atoms with van der Waals surface area (Å²) in [6, 6.07) is 4.40. The maximum Gasteiger partial charge on any atom is 0.131 e. The van der Waals surface area contributed by atoms with Crippen LogP contribution in [0, 0.1) is 5.92 Å². The van der Waals surface area contributed by atoms with Gasteiger partial charge in [-0.1, -0.05) is 13.0 Å². The zero-order valence-electron chi connectivity index (χ0n) is 13.0. The van der Waals surface area contributed by atoms with Gasteiger partial charge in [0, 0.05) is 32.4 Å². The van der Waals surface area contributed by atoms with Crippen molar-refractivity contribution >= 4 is 5.82 Å². The molecule has 0 saturated carbocycles. The summed E-state index contributed by atoms with van der Waals surface area (Å²) in [7, 11) is 4.36. The minimum Gasteiger partial charge on any atom is -0.359 e. The van der Waals surface area contributed by atoms with Crippen molar-refractivity contribution in [2.45, 2.75) is 32.2 Å². The molecule has 0 radical (unpaired) electrons. The van der Waals surface area contributed by atoms with E-state index in [4.69, 9.17) is 5.73 Å². The molecule has 1 aromatic rings. The molecule has 1 fully saturated rings. The van der Waals surface area contributed by atoms with Crippen molar-refractivity contribution in [1.29, 1.82) is 0 Å². The minimum atomic E-state index is 0.226. The molecule has 1 aliphatic heterocycles. The fourth-order valence-electron chi connectivity index (χ4n) is 3.01. The summed E-state index contributed by atoms with van der Waals surface area (Å²) in [6.07, 6.45) is 5.09. The van der Waals surface area contributed by atoms with Gasteiger partial charge in [0.05, 0.1) is 0 Å². The Morgan fingerprint density at radius 3 is 3.00 bits per heavy atom. The highest BCUT2D eigenvalue weighted by molar-refractivity contribution is 5.46. The van der Waals surface area contributed by atoms with Gasteiger partial charge in [0.25, 0.3) is 0 Å². The first-order chi connectivity index (χ1) is 9.60. The molecule has 0 aromatic carbocycles. The molecule has 2 heterocycles. The van der Waals surface area contributed by atoms with Crippen LogP contribution < -0.4 is 10.6 Å². The summed E-state index contributed by atoms with van der Waals surface area (Å²) in [5, 5.41) is 0. The number of anilines is 1.